The van der Waals surface area contributed by atoms with E-state index in [2.05, 4.69) is 10.2 Å². The van der Waals surface area contributed by atoms with E-state index < -0.39 is 5.60 Å². The van der Waals surface area contributed by atoms with E-state index in [0.717, 1.165) is 0 Å². The summed E-state index contributed by atoms with van der Waals surface area (Å²) in [6, 6.07) is 3.15. The zero-order chi connectivity index (χ0) is 16.3. The molecular weight excluding hydrogens is 340 g/mol. The van der Waals surface area contributed by atoms with Gasteiger partial charge in [0.2, 0.25) is 0 Å². The van der Waals surface area contributed by atoms with Gasteiger partial charge in [-0.3, -0.25) is 0 Å². The molecule has 1 aromatic rings. The Morgan fingerprint density at radius 2 is 2.09 bits per heavy atom. The minimum atomic E-state index is -0.537. The first-order chi connectivity index (χ1) is 10.3. The topological polar surface area (TPSA) is 78.8 Å². The number of anilines is 1. The van der Waals surface area contributed by atoms with Gasteiger partial charge in [-0.25, -0.2) is 4.79 Å². The molecule has 0 spiro atoms. The van der Waals surface area contributed by atoms with Crippen molar-refractivity contribution >= 4 is 37.0 Å². The molecule has 1 amide bonds. The number of rotatable bonds is 2. The van der Waals surface area contributed by atoms with Gasteiger partial charge in [0, 0.05) is 19.6 Å². The summed E-state index contributed by atoms with van der Waals surface area (Å²) in [6.45, 7) is 6.80. The maximum Gasteiger partial charge on any atom is 0.410 e. The van der Waals surface area contributed by atoms with Crippen LogP contribution in [-0.4, -0.2) is 64.2 Å². The molecule has 1 aliphatic heterocycles. The summed E-state index contributed by atoms with van der Waals surface area (Å²) in [5, 5.41) is 17.8. The fourth-order valence-corrected chi connectivity index (χ4v) is 2.37. The Labute approximate surface area is 148 Å². The lowest BCUT2D eigenvalue weighted by atomic mass is 10.1. The summed E-state index contributed by atoms with van der Waals surface area (Å²) in [4.78, 5) is 15.6. The van der Waals surface area contributed by atoms with Crippen molar-refractivity contribution in [3.8, 4) is 0 Å². The van der Waals surface area contributed by atoms with E-state index >= 15 is 0 Å². The van der Waals surface area contributed by atoms with Crippen LogP contribution >= 0.6 is 25.1 Å². The predicted octanol–water partition coefficient (Wildman–Crippen LogP) is 1.66. The molecule has 0 unspecified atom stereocenters. The highest BCUT2D eigenvalue weighted by molar-refractivity contribution is 7.59. The average Bonchev–Trinajstić information content (AvgIpc) is 2.45. The van der Waals surface area contributed by atoms with Crippen molar-refractivity contribution in [3.63, 3.8) is 0 Å². The number of aromatic nitrogens is 2. The molecule has 130 valence electrons. The fourth-order valence-electron chi connectivity index (χ4n) is 2.27. The van der Waals surface area contributed by atoms with E-state index in [1.807, 2.05) is 25.7 Å². The van der Waals surface area contributed by atoms with Crippen molar-refractivity contribution < 1.29 is 14.6 Å². The Hall–Kier alpha value is -1.25. The first-order valence-electron chi connectivity index (χ1n) is 7.15. The highest BCUT2D eigenvalue weighted by Crippen LogP contribution is 2.20. The maximum absolute atomic E-state index is 12.1. The maximum atomic E-state index is 12.1. The molecule has 1 aliphatic rings. The largest absolute Gasteiger partial charge is 0.444 e. The highest BCUT2D eigenvalue weighted by atomic mass is 35.5. The third-order valence-electron chi connectivity index (χ3n) is 3.26. The van der Waals surface area contributed by atoms with Crippen molar-refractivity contribution in [2.45, 2.75) is 32.4 Å². The van der Waals surface area contributed by atoms with Gasteiger partial charge in [0.05, 0.1) is 12.6 Å². The lowest BCUT2D eigenvalue weighted by Crippen LogP contribution is -2.57. The molecule has 0 aliphatic carbocycles. The molecule has 9 heteroatoms. The lowest BCUT2D eigenvalue weighted by molar-refractivity contribution is 0.0197. The van der Waals surface area contributed by atoms with Gasteiger partial charge in [0.25, 0.3) is 0 Å². The van der Waals surface area contributed by atoms with Crippen LogP contribution in [0.4, 0.5) is 10.6 Å². The molecule has 0 bridgehead atoms. The van der Waals surface area contributed by atoms with Gasteiger partial charge in [-0.15, -0.1) is 10.2 Å². The molecule has 1 fully saturated rings. The van der Waals surface area contributed by atoms with E-state index in [1.165, 1.54) is 0 Å². The molecule has 2 heterocycles. The summed E-state index contributed by atoms with van der Waals surface area (Å²) >= 11 is 5.74. The molecule has 23 heavy (non-hydrogen) atoms. The normalized spacial score (nSPS) is 18.4. The van der Waals surface area contributed by atoms with Crippen molar-refractivity contribution in [2.24, 2.45) is 0 Å². The van der Waals surface area contributed by atoms with E-state index in [9.17, 15) is 9.90 Å². The third-order valence-corrected chi connectivity index (χ3v) is 3.46. The monoisotopic (exact) mass is 362 g/mol. The zero-order valence-corrected chi connectivity index (χ0v) is 15.2. The number of amides is 1. The first kappa shape index (κ1) is 19.8. The second kappa shape index (κ2) is 8.03. The standard InChI is InChI=1S/C14H21ClN4O3.H2S/c1-14(2,3)22-13(21)18-6-7-19(10(8-18)9-20)12-5-4-11(15)16-17-12;/h4-5,10,20H,6-9H2,1-3H3;1H2/t10-;/m0./s1. The van der Waals surface area contributed by atoms with Crippen molar-refractivity contribution in [1.82, 2.24) is 15.1 Å². The lowest BCUT2D eigenvalue weighted by Gasteiger charge is -2.41. The van der Waals surface area contributed by atoms with Crippen molar-refractivity contribution in [2.75, 3.05) is 31.1 Å². The van der Waals surface area contributed by atoms with Crippen LogP contribution in [0.1, 0.15) is 20.8 Å². The Kier molecular flexibility index (Phi) is 6.91. The smallest absolute Gasteiger partial charge is 0.410 e. The predicted molar refractivity (Wildman–Crippen MR) is 93.4 cm³/mol. The van der Waals surface area contributed by atoms with Gasteiger partial charge in [-0.2, -0.15) is 13.5 Å². The van der Waals surface area contributed by atoms with Crippen molar-refractivity contribution in [3.05, 3.63) is 17.3 Å². The molecule has 1 N–H and O–H groups in total. The van der Waals surface area contributed by atoms with Gasteiger partial charge >= 0.3 is 6.09 Å². The first-order valence-corrected chi connectivity index (χ1v) is 7.52. The van der Waals surface area contributed by atoms with Crippen LogP contribution in [0.3, 0.4) is 0 Å². The van der Waals surface area contributed by atoms with Crippen LogP contribution in [-0.2, 0) is 4.74 Å². The highest BCUT2D eigenvalue weighted by Gasteiger charge is 2.32. The second-order valence-corrected chi connectivity index (χ2v) is 6.56. The Balaban J connectivity index is 0.00000264. The van der Waals surface area contributed by atoms with E-state index in [-0.39, 0.29) is 32.2 Å². The number of aliphatic hydroxyl groups is 1. The summed E-state index contributed by atoms with van der Waals surface area (Å²) < 4.78 is 5.37. The van der Waals surface area contributed by atoms with Gasteiger partial charge in [-0.05, 0) is 32.9 Å². The number of nitrogens with zero attached hydrogens (tertiary/aromatic N) is 4. The molecule has 0 aromatic carbocycles. The van der Waals surface area contributed by atoms with Gasteiger partial charge in [0.1, 0.15) is 5.60 Å². The minimum Gasteiger partial charge on any atom is -0.444 e. The molecule has 7 nitrogen and oxygen atoms in total. The van der Waals surface area contributed by atoms with Crippen LogP contribution in [0.2, 0.25) is 5.15 Å². The Morgan fingerprint density at radius 3 is 2.61 bits per heavy atom. The van der Waals surface area contributed by atoms with Crippen LogP contribution in [0.15, 0.2) is 12.1 Å². The van der Waals surface area contributed by atoms with Gasteiger partial charge < -0.3 is 19.6 Å². The Bertz CT molecular complexity index is 524. The van der Waals surface area contributed by atoms with Crippen LogP contribution in [0, 0.1) is 0 Å². The zero-order valence-electron chi connectivity index (χ0n) is 13.5. The molecule has 2 rings (SSSR count). The van der Waals surface area contributed by atoms with E-state index in [4.69, 9.17) is 16.3 Å². The van der Waals surface area contributed by atoms with E-state index in [0.29, 0.717) is 30.6 Å². The number of hydrogen-bond acceptors (Lipinski definition) is 6. The van der Waals surface area contributed by atoms with Crippen LogP contribution < -0.4 is 4.90 Å². The summed E-state index contributed by atoms with van der Waals surface area (Å²) in [5.74, 6) is 0.632. The van der Waals surface area contributed by atoms with E-state index in [1.54, 1.807) is 17.0 Å². The number of halogens is 1. The molecular formula is C14H23ClN4O3S. The SMILES string of the molecule is CC(C)(C)OC(=O)N1CCN(c2ccc(Cl)nn2)[C@H](CO)C1.S. The minimum absolute atomic E-state index is 0. The number of carbonyl (C=O) groups excluding carboxylic acids is 1. The summed E-state index contributed by atoms with van der Waals surface area (Å²) in [7, 11) is 0. The van der Waals surface area contributed by atoms with Crippen molar-refractivity contribution in [1.29, 1.82) is 0 Å². The number of aliphatic hydroxyl groups excluding tert-OH is 1. The number of carbonyl (C=O) groups is 1. The number of hydrogen-bond donors (Lipinski definition) is 1. The van der Waals surface area contributed by atoms with Gasteiger partial charge in [-0.1, -0.05) is 11.6 Å². The second-order valence-electron chi connectivity index (χ2n) is 6.17. The molecule has 0 saturated carbocycles. The molecule has 1 saturated heterocycles. The third kappa shape index (κ3) is 5.40. The quantitative estimate of drug-likeness (QED) is 0.862. The van der Waals surface area contributed by atoms with Gasteiger partial charge in [0.15, 0.2) is 11.0 Å². The number of piperazine rings is 1. The molecule has 0 radical (unpaired) electrons. The average molecular weight is 363 g/mol. The molecule has 1 aromatic heterocycles. The Morgan fingerprint density at radius 1 is 1.39 bits per heavy atom. The summed E-state index contributed by atoms with van der Waals surface area (Å²) in [6.07, 6.45) is -0.368. The fraction of sp³-hybridized carbons (Fsp3) is 0.643. The summed E-state index contributed by atoms with van der Waals surface area (Å²) in [5.41, 5.74) is -0.537. The van der Waals surface area contributed by atoms with Crippen LogP contribution in [0.5, 0.6) is 0 Å². The number of ether oxygens (including phenoxy) is 1. The molecule has 1 atom stereocenters. The van der Waals surface area contributed by atoms with Crippen LogP contribution in [0.25, 0.3) is 0 Å².